The summed E-state index contributed by atoms with van der Waals surface area (Å²) in [4.78, 5) is 2.02. The van der Waals surface area contributed by atoms with Crippen molar-refractivity contribution >= 4 is 5.69 Å². The largest absolute Gasteiger partial charge is 0.391 e. The Bertz CT molecular complexity index is 435. The highest BCUT2D eigenvalue weighted by Gasteiger charge is 2.41. The molecule has 0 spiro atoms. The third-order valence-corrected chi connectivity index (χ3v) is 3.87. The fourth-order valence-electron chi connectivity index (χ4n) is 2.57. The summed E-state index contributed by atoms with van der Waals surface area (Å²) < 4.78 is 37.8. The van der Waals surface area contributed by atoms with Crippen molar-refractivity contribution in [3.05, 3.63) is 29.3 Å². The second-order valence-corrected chi connectivity index (χ2v) is 5.12. The quantitative estimate of drug-likeness (QED) is 0.895. The molecule has 2 N–H and O–H groups in total. The molecule has 1 saturated heterocycles. The zero-order valence-corrected chi connectivity index (χ0v) is 11.0. The van der Waals surface area contributed by atoms with Crippen LogP contribution >= 0.6 is 0 Å². The molecule has 1 fully saturated rings. The molecule has 1 aliphatic rings. The number of benzene rings is 1. The highest BCUT2D eigenvalue weighted by atomic mass is 19.4. The number of alkyl halides is 3. The molecule has 1 aliphatic heterocycles. The minimum Gasteiger partial charge on any atom is -0.371 e. The summed E-state index contributed by atoms with van der Waals surface area (Å²) in [5.41, 5.74) is 8.78. The smallest absolute Gasteiger partial charge is 0.371 e. The van der Waals surface area contributed by atoms with Gasteiger partial charge in [-0.1, -0.05) is 6.07 Å². The number of halogens is 3. The van der Waals surface area contributed by atoms with E-state index in [4.69, 9.17) is 5.73 Å². The predicted molar refractivity (Wildman–Crippen MR) is 70.1 cm³/mol. The first kappa shape index (κ1) is 14.2. The van der Waals surface area contributed by atoms with Gasteiger partial charge in [-0.15, -0.1) is 0 Å². The molecular formula is C14H19F3N2. The number of anilines is 1. The molecule has 19 heavy (non-hydrogen) atoms. The number of piperidine rings is 1. The van der Waals surface area contributed by atoms with E-state index >= 15 is 0 Å². The van der Waals surface area contributed by atoms with Crippen LogP contribution in [0.2, 0.25) is 0 Å². The van der Waals surface area contributed by atoms with Crippen molar-refractivity contribution in [3.8, 4) is 0 Å². The van der Waals surface area contributed by atoms with Crippen LogP contribution in [-0.2, 0) is 6.54 Å². The third-order valence-electron chi connectivity index (χ3n) is 3.87. The van der Waals surface area contributed by atoms with Crippen LogP contribution < -0.4 is 10.6 Å². The average molecular weight is 272 g/mol. The highest BCUT2D eigenvalue weighted by molar-refractivity contribution is 5.51. The standard InChI is InChI=1S/C14H19F3N2/c1-10-8-13(3-2-11(10)9-18)19-6-4-12(5-7-19)14(15,16)17/h2-3,8,12H,4-7,9,18H2,1H3. The summed E-state index contributed by atoms with van der Waals surface area (Å²) in [7, 11) is 0. The second-order valence-electron chi connectivity index (χ2n) is 5.12. The first-order chi connectivity index (χ1) is 8.91. The van der Waals surface area contributed by atoms with Gasteiger partial charge < -0.3 is 10.6 Å². The van der Waals surface area contributed by atoms with Gasteiger partial charge in [0.25, 0.3) is 0 Å². The molecule has 0 atom stereocenters. The van der Waals surface area contributed by atoms with E-state index in [-0.39, 0.29) is 12.8 Å². The van der Waals surface area contributed by atoms with Gasteiger partial charge >= 0.3 is 6.18 Å². The summed E-state index contributed by atoms with van der Waals surface area (Å²) in [5.74, 6) is -1.15. The number of nitrogens with zero attached hydrogens (tertiary/aromatic N) is 1. The Morgan fingerprint density at radius 3 is 2.37 bits per heavy atom. The van der Waals surface area contributed by atoms with Crippen LogP contribution in [0, 0.1) is 12.8 Å². The van der Waals surface area contributed by atoms with Gasteiger partial charge in [-0.2, -0.15) is 13.2 Å². The third kappa shape index (κ3) is 3.21. The Morgan fingerprint density at radius 2 is 1.89 bits per heavy atom. The van der Waals surface area contributed by atoms with E-state index in [0.717, 1.165) is 16.8 Å². The van der Waals surface area contributed by atoms with E-state index < -0.39 is 12.1 Å². The molecule has 106 valence electrons. The molecule has 0 bridgehead atoms. The number of hydrogen-bond donors (Lipinski definition) is 1. The van der Waals surface area contributed by atoms with Crippen molar-refractivity contribution in [2.24, 2.45) is 11.7 Å². The number of rotatable bonds is 2. The van der Waals surface area contributed by atoms with Crippen LogP contribution in [0.25, 0.3) is 0 Å². The normalized spacial score (nSPS) is 17.8. The van der Waals surface area contributed by atoms with Gasteiger partial charge in [0.15, 0.2) is 0 Å². The lowest BCUT2D eigenvalue weighted by molar-refractivity contribution is -0.179. The molecule has 0 aliphatic carbocycles. The van der Waals surface area contributed by atoms with Crippen molar-refractivity contribution in [1.29, 1.82) is 0 Å². The molecule has 1 aromatic carbocycles. The molecule has 1 aromatic rings. The molecule has 0 amide bonds. The number of nitrogens with two attached hydrogens (primary N) is 1. The molecule has 1 heterocycles. The van der Waals surface area contributed by atoms with Crippen molar-refractivity contribution in [2.75, 3.05) is 18.0 Å². The number of hydrogen-bond acceptors (Lipinski definition) is 2. The lowest BCUT2D eigenvalue weighted by Crippen LogP contribution is -2.39. The van der Waals surface area contributed by atoms with Crippen molar-refractivity contribution < 1.29 is 13.2 Å². The Kier molecular flexibility index (Phi) is 4.04. The summed E-state index contributed by atoms with van der Waals surface area (Å²) in [5, 5.41) is 0. The Balaban J connectivity index is 2.04. The van der Waals surface area contributed by atoms with Crippen LogP contribution in [0.15, 0.2) is 18.2 Å². The maximum absolute atomic E-state index is 12.6. The van der Waals surface area contributed by atoms with Crippen LogP contribution in [0.3, 0.4) is 0 Å². The van der Waals surface area contributed by atoms with Gasteiger partial charge in [0.1, 0.15) is 0 Å². The minimum absolute atomic E-state index is 0.182. The molecule has 0 unspecified atom stereocenters. The summed E-state index contributed by atoms with van der Waals surface area (Å²) in [6.07, 6.45) is -3.69. The monoisotopic (exact) mass is 272 g/mol. The molecule has 0 aromatic heterocycles. The van der Waals surface area contributed by atoms with E-state index in [1.165, 1.54) is 0 Å². The minimum atomic E-state index is -4.05. The van der Waals surface area contributed by atoms with E-state index in [1.807, 2.05) is 30.0 Å². The van der Waals surface area contributed by atoms with E-state index in [2.05, 4.69) is 0 Å². The topological polar surface area (TPSA) is 29.3 Å². The van der Waals surface area contributed by atoms with Crippen LogP contribution in [0.4, 0.5) is 18.9 Å². The maximum atomic E-state index is 12.6. The zero-order chi connectivity index (χ0) is 14.0. The lowest BCUT2D eigenvalue weighted by Gasteiger charge is -2.34. The summed E-state index contributed by atoms with van der Waals surface area (Å²) >= 11 is 0. The predicted octanol–water partition coefficient (Wildman–Crippen LogP) is 3.23. The van der Waals surface area contributed by atoms with Gasteiger partial charge in [-0.05, 0) is 43.0 Å². The highest BCUT2D eigenvalue weighted by Crippen LogP contribution is 2.35. The van der Waals surface area contributed by atoms with Crippen molar-refractivity contribution in [1.82, 2.24) is 0 Å². The molecule has 2 nitrogen and oxygen atoms in total. The molecule has 2 rings (SSSR count). The van der Waals surface area contributed by atoms with E-state index in [1.54, 1.807) is 0 Å². The summed E-state index contributed by atoms with van der Waals surface area (Å²) in [6.45, 7) is 3.40. The van der Waals surface area contributed by atoms with Crippen molar-refractivity contribution in [2.45, 2.75) is 32.5 Å². The van der Waals surface area contributed by atoms with Gasteiger partial charge in [-0.3, -0.25) is 0 Å². The second kappa shape index (κ2) is 5.41. The molecular weight excluding hydrogens is 253 g/mol. The zero-order valence-electron chi connectivity index (χ0n) is 11.0. The van der Waals surface area contributed by atoms with Gasteiger partial charge in [0.2, 0.25) is 0 Å². The fourth-order valence-corrected chi connectivity index (χ4v) is 2.57. The lowest BCUT2D eigenvalue weighted by atomic mass is 9.95. The SMILES string of the molecule is Cc1cc(N2CCC(C(F)(F)F)CC2)ccc1CN. The van der Waals surface area contributed by atoms with Crippen LogP contribution in [-0.4, -0.2) is 19.3 Å². The Hall–Kier alpha value is -1.23. The first-order valence-corrected chi connectivity index (χ1v) is 6.53. The molecule has 0 radical (unpaired) electrons. The van der Waals surface area contributed by atoms with E-state index in [0.29, 0.717) is 19.6 Å². The average Bonchev–Trinajstić information content (AvgIpc) is 2.38. The first-order valence-electron chi connectivity index (χ1n) is 6.53. The molecule has 5 heteroatoms. The van der Waals surface area contributed by atoms with Gasteiger partial charge in [-0.25, -0.2) is 0 Å². The molecule has 0 saturated carbocycles. The van der Waals surface area contributed by atoms with Crippen molar-refractivity contribution in [3.63, 3.8) is 0 Å². The van der Waals surface area contributed by atoms with Crippen LogP contribution in [0.1, 0.15) is 24.0 Å². The van der Waals surface area contributed by atoms with Gasteiger partial charge in [0, 0.05) is 25.3 Å². The fraction of sp³-hybridized carbons (Fsp3) is 0.571. The Labute approximate surface area is 111 Å². The summed E-state index contributed by atoms with van der Waals surface area (Å²) in [6, 6.07) is 5.92. The Morgan fingerprint density at radius 1 is 1.26 bits per heavy atom. The van der Waals surface area contributed by atoms with E-state index in [9.17, 15) is 13.2 Å². The maximum Gasteiger partial charge on any atom is 0.391 e. The number of aryl methyl sites for hydroxylation is 1. The van der Waals surface area contributed by atoms with Gasteiger partial charge in [0.05, 0.1) is 5.92 Å². The van der Waals surface area contributed by atoms with Crippen LogP contribution in [0.5, 0.6) is 0 Å².